The number of benzene rings is 2. The average Bonchev–Trinajstić information content (AvgIpc) is 2.80. The highest BCUT2D eigenvalue weighted by molar-refractivity contribution is 8.55. The van der Waals surface area contributed by atoms with Gasteiger partial charge in [-0.05, 0) is 24.6 Å². The molecule has 3 aromatic rings. The summed E-state index contributed by atoms with van der Waals surface area (Å²) in [6.45, 7) is 0. The van der Waals surface area contributed by atoms with Gasteiger partial charge in [-0.1, -0.05) is 29.7 Å². The van der Waals surface area contributed by atoms with E-state index in [1.165, 1.54) is 5.46 Å². The topological polar surface area (TPSA) is 39.2 Å². The van der Waals surface area contributed by atoms with E-state index in [9.17, 15) is 0 Å². The second-order valence-corrected chi connectivity index (χ2v) is 6.57. The van der Waals surface area contributed by atoms with Gasteiger partial charge in [0.1, 0.15) is 5.58 Å². The number of fused-ring (bicyclic) bond motifs is 3. The summed E-state index contributed by atoms with van der Waals surface area (Å²) in [4.78, 5) is 0. The molecule has 5 heteroatoms. The van der Waals surface area contributed by atoms with Crippen molar-refractivity contribution in [2.45, 2.75) is 0 Å². The molecular weight excluding hydrogens is 273 g/mol. The van der Waals surface area contributed by atoms with Gasteiger partial charge >= 0.3 is 5.27 Å². The predicted molar refractivity (Wildman–Crippen MR) is 90.6 cm³/mol. The van der Waals surface area contributed by atoms with Crippen molar-refractivity contribution in [3.8, 4) is 0 Å². The van der Waals surface area contributed by atoms with Crippen LogP contribution in [0.25, 0.3) is 21.9 Å². The van der Waals surface area contributed by atoms with E-state index in [0.717, 1.165) is 27.6 Å². The summed E-state index contributed by atoms with van der Waals surface area (Å²) >= 11 is 3.65. The molecule has 0 aliphatic rings. The number of anilines is 1. The highest BCUT2D eigenvalue weighted by Crippen LogP contribution is 2.32. The fourth-order valence-electron chi connectivity index (χ4n) is 2.38. The van der Waals surface area contributed by atoms with Crippen LogP contribution < -0.4 is 11.2 Å². The largest absolute Gasteiger partial charge is 0.454 e. The molecule has 0 saturated heterocycles. The number of nitrogen functional groups attached to an aromatic ring is 1. The molecule has 0 unspecified atom stereocenters. The van der Waals surface area contributed by atoms with E-state index in [1.54, 1.807) is 0 Å². The monoisotopic (exact) mass is 287 g/mol. The predicted octanol–water partition coefficient (Wildman–Crippen LogP) is 3.59. The Bertz CT molecular complexity index is 737. The minimum atomic E-state index is 0.403. The van der Waals surface area contributed by atoms with Gasteiger partial charge < -0.3 is 10.2 Å². The van der Waals surface area contributed by atoms with Crippen LogP contribution in [-0.2, 0) is 0 Å². The van der Waals surface area contributed by atoms with Gasteiger partial charge in [0.15, 0.2) is 5.58 Å². The summed E-state index contributed by atoms with van der Waals surface area (Å²) in [5.74, 6) is 0. The van der Waals surface area contributed by atoms with Gasteiger partial charge in [-0.3, -0.25) is 0 Å². The summed E-state index contributed by atoms with van der Waals surface area (Å²) in [7, 11) is 0. The third-order valence-corrected chi connectivity index (χ3v) is 5.78. The molecule has 2 aromatic carbocycles. The number of hydrogen-bond acceptors (Lipinski definition) is 4. The summed E-state index contributed by atoms with van der Waals surface area (Å²) < 4.78 is 5.85. The Labute approximate surface area is 121 Å². The fraction of sp³-hybridized carbons (Fsp3) is 0.143. The van der Waals surface area contributed by atoms with Gasteiger partial charge in [0.2, 0.25) is 0 Å². The molecule has 0 bridgehead atoms. The maximum absolute atomic E-state index is 6.16. The molecule has 1 heterocycles. The summed E-state index contributed by atoms with van der Waals surface area (Å²) in [6, 6.07) is 12.3. The van der Waals surface area contributed by atoms with Crippen LogP contribution in [0.5, 0.6) is 0 Å². The van der Waals surface area contributed by atoms with Crippen molar-refractivity contribution in [3.63, 3.8) is 0 Å². The fourth-order valence-corrected chi connectivity index (χ4v) is 3.97. The zero-order valence-electron chi connectivity index (χ0n) is 10.8. The minimum Gasteiger partial charge on any atom is -0.454 e. The second-order valence-electron chi connectivity index (χ2n) is 4.39. The molecule has 0 amide bonds. The maximum atomic E-state index is 6.16. The first-order valence-corrected chi connectivity index (χ1v) is 8.58. The molecule has 0 aliphatic carbocycles. The smallest absolute Gasteiger partial charge is 0.307 e. The maximum Gasteiger partial charge on any atom is 0.307 e. The van der Waals surface area contributed by atoms with E-state index >= 15 is 0 Å². The van der Waals surface area contributed by atoms with E-state index in [0.29, 0.717) is 5.27 Å². The molecule has 2 N–H and O–H groups in total. The molecule has 0 saturated carbocycles. The van der Waals surface area contributed by atoms with Crippen LogP contribution in [0.1, 0.15) is 0 Å². The average molecular weight is 287 g/mol. The van der Waals surface area contributed by atoms with Gasteiger partial charge in [0, 0.05) is 10.8 Å². The van der Waals surface area contributed by atoms with Crippen LogP contribution in [0.2, 0.25) is 0 Å². The lowest BCUT2D eigenvalue weighted by Gasteiger charge is -2.09. The molecule has 3 rings (SSSR count). The van der Waals surface area contributed by atoms with Gasteiger partial charge in [-0.15, -0.1) is 0 Å². The van der Waals surface area contributed by atoms with E-state index in [4.69, 9.17) is 10.2 Å². The molecule has 0 fully saturated rings. The second kappa shape index (κ2) is 5.06. The SMILES string of the molecule is CSB(SC)c1cc(N)c2oc3ccccc3c2c1. The van der Waals surface area contributed by atoms with Crippen molar-refractivity contribution in [2.75, 3.05) is 18.2 Å². The first kappa shape index (κ1) is 12.8. The van der Waals surface area contributed by atoms with Gasteiger partial charge in [-0.25, -0.2) is 0 Å². The third kappa shape index (κ3) is 2.11. The molecule has 19 heavy (non-hydrogen) atoms. The Morgan fingerprint density at radius 3 is 2.53 bits per heavy atom. The number of nitrogens with two attached hydrogens (primary N) is 1. The van der Waals surface area contributed by atoms with Gasteiger partial charge in [-0.2, -0.15) is 23.2 Å². The van der Waals surface area contributed by atoms with Crippen molar-refractivity contribution in [3.05, 3.63) is 36.4 Å². The van der Waals surface area contributed by atoms with Crippen LogP contribution in [0.4, 0.5) is 5.69 Å². The lowest BCUT2D eigenvalue weighted by molar-refractivity contribution is 0.670. The van der Waals surface area contributed by atoms with E-state index < -0.39 is 0 Å². The normalized spacial score (nSPS) is 11.3. The third-order valence-electron chi connectivity index (χ3n) is 3.23. The van der Waals surface area contributed by atoms with E-state index in [-0.39, 0.29) is 0 Å². The lowest BCUT2D eigenvalue weighted by atomic mass is 9.90. The van der Waals surface area contributed by atoms with Gasteiger partial charge in [0.05, 0.1) is 5.69 Å². The van der Waals surface area contributed by atoms with Crippen molar-refractivity contribution in [1.29, 1.82) is 0 Å². The molecule has 0 atom stereocenters. The van der Waals surface area contributed by atoms with Crippen LogP contribution in [0, 0.1) is 0 Å². The Balaban J connectivity index is 2.31. The number of rotatable bonds is 3. The number of para-hydroxylation sites is 1. The Morgan fingerprint density at radius 1 is 1.05 bits per heavy atom. The van der Waals surface area contributed by atoms with Crippen molar-refractivity contribution in [2.24, 2.45) is 0 Å². The Kier molecular flexibility index (Phi) is 3.41. The highest BCUT2D eigenvalue weighted by Gasteiger charge is 2.18. The van der Waals surface area contributed by atoms with Crippen molar-refractivity contribution < 1.29 is 4.42 Å². The first-order valence-electron chi connectivity index (χ1n) is 6.01. The van der Waals surface area contributed by atoms with Crippen LogP contribution >= 0.6 is 23.2 Å². The quantitative estimate of drug-likeness (QED) is 0.590. The summed E-state index contributed by atoms with van der Waals surface area (Å²) in [5, 5.41) is 2.64. The standard InChI is InChI=1S/C14H14BNOS2/c1-18-15(19-2)9-7-11-10-5-3-4-6-13(10)17-14(11)12(16)8-9/h3-8H,16H2,1-2H3. The zero-order chi connectivity index (χ0) is 13.4. The molecule has 0 aliphatic heterocycles. The summed E-state index contributed by atoms with van der Waals surface area (Å²) in [6.07, 6.45) is 4.24. The minimum absolute atomic E-state index is 0.403. The van der Waals surface area contributed by atoms with Crippen LogP contribution in [0.15, 0.2) is 40.8 Å². The molecule has 1 aromatic heterocycles. The first-order chi connectivity index (χ1) is 9.24. The van der Waals surface area contributed by atoms with Crippen molar-refractivity contribution >= 4 is 61.6 Å². The zero-order valence-corrected chi connectivity index (χ0v) is 12.5. The van der Waals surface area contributed by atoms with Crippen LogP contribution in [-0.4, -0.2) is 17.8 Å². The van der Waals surface area contributed by atoms with E-state index in [2.05, 4.69) is 24.6 Å². The highest BCUT2D eigenvalue weighted by atomic mass is 32.2. The summed E-state index contributed by atoms with van der Waals surface area (Å²) in [5.41, 5.74) is 9.81. The Morgan fingerprint density at radius 2 is 1.79 bits per heavy atom. The molecule has 96 valence electrons. The number of furan rings is 1. The van der Waals surface area contributed by atoms with Gasteiger partial charge in [0.25, 0.3) is 0 Å². The molecule has 0 spiro atoms. The number of hydrogen-bond donors (Lipinski definition) is 1. The van der Waals surface area contributed by atoms with Crippen LogP contribution in [0.3, 0.4) is 0 Å². The molecular formula is C14H14BNOS2. The van der Waals surface area contributed by atoms with E-state index in [1.807, 2.05) is 47.5 Å². The van der Waals surface area contributed by atoms with Crippen molar-refractivity contribution in [1.82, 2.24) is 0 Å². The molecule has 0 radical (unpaired) electrons. The Hall–Kier alpha value is -1.20. The molecule has 2 nitrogen and oxygen atoms in total. The lowest BCUT2D eigenvalue weighted by Crippen LogP contribution is -2.23.